The van der Waals surface area contributed by atoms with Crippen LogP contribution in [-0.4, -0.2) is 55.6 Å². The number of anilines is 1. The average Bonchev–Trinajstić information content (AvgIpc) is 2.29. The molecule has 18 heavy (non-hydrogen) atoms. The van der Waals surface area contributed by atoms with E-state index in [0.717, 1.165) is 37.7 Å². The van der Waals surface area contributed by atoms with Gasteiger partial charge in [0, 0.05) is 13.1 Å². The molecular formula is C14H26N4. The van der Waals surface area contributed by atoms with E-state index in [-0.39, 0.29) is 0 Å². The fraction of sp³-hybridized carbons (Fsp3) is 0.643. The lowest BCUT2D eigenvalue weighted by Gasteiger charge is -2.18. The van der Waals surface area contributed by atoms with Crippen LogP contribution in [0.15, 0.2) is 18.2 Å². The third-order valence-corrected chi connectivity index (χ3v) is 2.74. The van der Waals surface area contributed by atoms with E-state index in [1.807, 2.05) is 6.07 Å². The van der Waals surface area contributed by atoms with E-state index in [1.165, 1.54) is 6.42 Å². The van der Waals surface area contributed by atoms with E-state index in [2.05, 4.69) is 60.3 Å². The van der Waals surface area contributed by atoms with Crippen LogP contribution in [-0.2, 0) is 6.54 Å². The zero-order valence-electron chi connectivity index (χ0n) is 12.1. The zero-order valence-corrected chi connectivity index (χ0v) is 12.1. The Morgan fingerprint density at radius 3 is 2.61 bits per heavy atom. The fourth-order valence-electron chi connectivity index (χ4n) is 1.86. The van der Waals surface area contributed by atoms with Gasteiger partial charge in [0.2, 0.25) is 0 Å². The largest absolute Gasteiger partial charge is 0.370 e. The summed E-state index contributed by atoms with van der Waals surface area (Å²) in [5.41, 5.74) is 1.13. The molecule has 4 nitrogen and oxygen atoms in total. The first kappa shape index (κ1) is 14.9. The first-order chi connectivity index (χ1) is 8.61. The summed E-state index contributed by atoms with van der Waals surface area (Å²) in [6.45, 7) is 6.14. The van der Waals surface area contributed by atoms with Crippen molar-refractivity contribution in [2.24, 2.45) is 0 Å². The Bertz CT molecular complexity index is 338. The van der Waals surface area contributed by atoms with Crippen LogP contribution in [0.4, 0.5) is 5.82 Å². The highest BCUT2D eigenvalue weighted by molar-refractivity contribution is 5.34. The predicted octanol–water partition coefficient (Wildman–Crippen LogP) is 1.90. The van der Waals surface area contributed by atoms with Gasteiger partial charge in [0.1, 0.15) is 5.82 Å². The van der Waals surface area contributed by atoms with E-state index >= 15 is 0 Å². The molecule has 0 aliphatic rings. The summed E-state index contributed by atoms with van der Waals surface area (Å²) in [5, 5.41) is 3.24. The lowest BCUT2D eigenvalue weighted by Crippen LogP contribution is -2.23. The molecular weight excluding hydrogens is 224 g/mol. The molecule has 1 aromatic heterocycles. The summed E-state index contributed by atoms with van der Waals surface area (Å²) in [5.74, 6) is 0.969. The second-order valence-corrected chi connectivity index (χ2v) is 4.94. The van der Waals surface area contributed by atoms with Gasteiger partial charge in [-0.1, -0.05) is 6.07 Å². The van der Waals surface area contributed by atoms with Crippen molar-refractivity contribution >= 4 is 5.82 Å². The second kappa shape index (κ2) is 8.06. The van der Waals surface area contributed by atoms with Gasteiger partial charge in [0.05, 0.1) is 5.69 Å². The number of nitrogens with one attached hydrogen (secondary N) is 1. The molecule has 0 radical (unpaired) electrons. The summed E-state index contributed by atoms with van der Waals surface area (Å²) in [7, 11) is 6.38. The standard InChI is InChI=1S/C14H26N4/c1-5-15-14-9-6-8-13(16-14)12-18(4)11-7-10-17(2)3/h6,8-9H,5,7,10-12H2,1-4H3,(H,15,16). The summed E-state index contributed by atoms with van der Waals surface area (Å²) in [4.78, 5) is 9.12. The molecule has 0 aliphatic heterocycles. The topological polar surface area (TPSA) is 31.4 Å². The quantitative estimate of drug-likeness (QED) is 0.763. The molecule has 0 aromatic carbocycles. The molecule has 0 saturated carbocycles. The van der Waals surface area contributed by atoms with Gasteiger partial charge in [-0.15, -0.1) is 0 Å². The van der Waals surface area contributed by atoms with Gasteiger partial charge >= 0.3 is 0 Å². The summed E-state index contributed by atoms with van der Waals surface area (Å²) >= 11 is 0. The average molecular weight is 250 g/mol. The molecule has 1 rings (SSSR count). The number of hydrogen-bond donors (Lipinski definition) is 1. The van der Waals surface area contributed by atoms with E-state index in [1.54, 1.807) is 0 Å². The molecule has 1 aromatic rings. The lowest BCUT2D eigenvalue weighted by atomic mass is 10.3. The molecule has 1 N–H and O–H groups in total. The Morgan fingerprint density at radius 1 is 1.17 bits per heavy atom. The predicted molar refractivity (Wildman–Crippen MR) is 77.9 cm³/mol. The van der Waals surface area contributed by atoms with E-state index in [9.17, 15) is 0 Å². The highest BCUT2D eigenvalue weighted by Crippen LogP contribution is 2.06. The number of pyridine rings is 1. The normalized spacial score (nSPS) is 11.2. The summed E-state index contributed by atoms with van der Waals surface area (Å²) in [6.07, 6.45) is 1.19. The van der Waals surface area contributed by atoms with Gasteiger partial charge < -0.3 is 15.1 Å². The third kappa shape index (κ3) is 5.98. The lowest BCUT2D eigenvalue weighted by molar-refractivity contribution is 0.292. The van der Waals surface area contributed by atoms with Gasteiger partial charge in [0.25, 0.3) is 0 Å². The Morgan fingerprint density at radius 2 is 1.94 bits per heavy atom. The maximum Gasteiger partial charge on any atom is 0.126 e. The zero-order chi connectivity index (χ0) is 13.4. The number of rotatable bonds is 8. The molecule has 1 heterocycles. The van der Waals surface area contributed by atoms with Crippen molar-refractivity contribution < 1.29 is 0 Å². The highest BCUT2D eigenvalue weighted by Gasteiger charge is 2.02. The van der Waals surface area contributed by atoms with Crippen molar-refractivity contribution in [3.63, 3.8) is 0 Å². The van der Waals surface area contributed by atoms with Crippen LogP contribution in [0.25, 0.3) is 0 Å². The Hall–Kier alpha value is -1.13. The van der Waals surface area contributed by atoms with Crippen molar-refractivity contribution in [3.05, 3.63) is 23.9 Å². The molecule has 0 bridgehead atoms. The van der Waals surface area contributed by atoms with Gasteiger partial charge in [0.15, 0.2) is 0 Å². The van der Waals surface area contributed by atoms with Crippen LogP contribution < -0.4 is 5.32 Å². The minimum absolute atomic E-state index is 0.909. The van der Waals surface area contributed by atoms with Gasteiger partial charge in [-0.3, -0.25) is 0 Å². The molecule has 102 valence electrons. The van der Waals surface area contributed by atoms with E-state index in [4.69, 9.17) is 0 Å². The first-order valence-electron chi connectivity index (χ1n) is 6.65. The molecule has 0 atom stereocenters. The Labute approximate surface area is 111 Å². The van der Waals surface area contributed by atoms with Crippen molar-refractivity contribution in [3.8, 4) is 0 Å². The molecule has 0 fully saturated rings. The van der Waals surface area contributed by atoms with Crippen molar-refractivity contribution in [1.82, 2.24) is 14.8 Å². The minimum atomic E-state index is 0.909. The first-order valence-corrected chi connectivity index (χ1v) is 6.65. The fourth-order valence-corrected chi connectivity index (χ4v) is 1.86. The summed E-state index contributed by atoms with van der Waals surface area (Å²) in [6, 6.07) is 6.16. The van der Waals surface area contributed by atoms with Gasteiger partial charge in [-0.05, 0) is 59.7 Å². The highest BCUT2D eigenvalue weighted by atomic mass is 15.1. The molecule has 0 unspecified atom stereocenters. The molecule has 0 saturated heterocycles. The van der Waals surface area contributed by atoms with Crippen LogP contribution in [0.5, 0.6) is 0 Å². The SMILES string of the molecule is CCNc1cccc(CN(C)CCCN(C)C)n1. The maximum atomic E-state index is 4.58. The molecule has 0 spiro atoms. The van der Waals surface area contributed by atoms with Crippen molar-refractivity contribution in [2.45, 2.75) is 19.9 Å². The van der Waals surface area contributed by atoms with Crippen LogP contribution in [0, 0.1) is 0 Å². The van der Waals surface area contributed by atoms with Crippen LogP contribution in [0.2, 0.25) is 0 Å². The monoisotopic (exact) mass is 250 g/mol. The number of aromatic nitrogens is 1. The van der Waals surface area contributed by atoms with Crippen LogP contribution >= 0.6 is 0 Å². The van der Waals surface area contributed by atoms with Crippen LogP contribution in [0.1, 0.15) is 19.0 Å². The number of nitrogens with zero attached hydrogens (tertiary/aromatic N) is 3. The van der Waals surface area contributed by atoms with E-state index in [0.29, 0.717) is 0 Å². The van der Waals surface area contributed by atoms with Crippen molar-refractivity contribution in [2.75, 3.05) is 46.1 Å². The Balaban J connectivity index is 2.38. The molecule has 4 heteroatoms. The minimum Gasteiger partial charge on any atom is -0.370 e. The summed E-state index contributed by atoms with van der Waals surface area (Å²) < 4.78 is 0. The smallest absolute Gasteiger partial charge is 0.126 e. The van der Waals surface area contributed by atoms with Crippen LogP contribution in [0.3, 0.4) is 0 Å². The second-order valence-electron chi connectivity index (χ2n) is 4.94. The van der Waals surface area contributed by atoms with E-state index < -0.39 is 0 Å². The third-order valence-electron chi connectivity index (χ3n) is 2.74. The maximum absolute atomic E-state index is 4.58. The Kier molecular flexibility index (Phi) is 6.68. The molecule has 0 aliphatic carbocycles. The number of hydrogen-bond acceptors (Lipinski definition) is 4. The van der Waals surface area contributed by atoms with Gasteiger partial charge in [-0.25, -0.2) is 4.98 Å². The van der Waals surface area contributed by atoms with Crippen molar-refractivity contribution in [1.29, 1.82) is 0 Å². The van der Waals surface area contributed by atoms with Gasteiger partial charge in [-0.2, -0.15) is 0 Å². The molecule has 0 amide bonds.